The van der Waals surface area contributed by atoms with Gasteiger partial charge in [0.1, 0.15) is 11.7 Å². The minimum atomic E-state index is -1.14. The number of nitrogens with zero attached hydrogens (tertiary/aromatic N) is 5. The van der Waals surface area contributed by atoms with Crippen LogP contribution in [-0.4, -0.2) is 59.2 Å². The lowest BCUT2D eigenvalue weighted by Crippen LogP contribution is -2.49. The Morgan fingerprint density at radius 1 is 1.16 bits per heavy atom. The molecule has 3 aromatic rings. The highest BCUT2D eigenvalue weighted by Crippen LogP contribution is 2.36. The van der Waals surface area contributed by atoms with Crippen molar-refractivity contribution in [3.05, 3.63) is 52.7 Å². The fourth-order valence-electron chi connectivity index (χ4n) is 4.47. The molecule has 2 fully saturated rings. The van der Waals surface area contributed by atoms with Gasteiger partial charge in [0.25, 0.3) is 5.56 Å². The molecule has 2 aromatic heterocycles. The van der Waals surface area contributed by atoms with Crippen LogP contribution in [0.3, 0.4) is 0 Å². The van der Waals surface area contributed by atoms with E-state index >= 15 is 0 Å². The maximum Gasteiger partial charge on any atom is 0.407 e. The van der Waals surface area contributed by atoms with Crippen LogP contribution in [0.4, 0.5) is 4.79 Å². The van der Waals surface area contributed by atoms with Crippen LogP contribution in [0.2, 0.25) is 0 Å². The lowest BCUT2D eigenvalue weighted by Gasteiger charge is -2.37. The second kappa shape index (κ2) is 7.49. The first-order valence-corrected chi connectivity index (χ1v) is 10.7. The van der Waals surface area contributed by atoms with E-state index < -0.39 is 11.7 Å². The Kier molecular flexibility index (Phi) is 4.77. The van der Waals surface area contributed by atoms with Crippen molar-refractivity contribution in [2.45, 2.75) is 50.2 Å². The number of fused-ring (bicyclic) bond motifs is 1. The molecule has 1 saturated carbocycles. The van der Waals surface area contributed by atoms with Crippen LogP contribution in [-0.2, 0) is 6.54 Å². The van der Waals surface area contributed by atoms with Crippen LogP contribution in [0, 0.1) is 0 Å². The Balaban J connectivity index is 1.39. The van der Waals surface area contributed by atoms with Crippen molar-refractivity contribution in [3.8, 4) is 5.69 Å². The molecule has 0 atom stereocenters. The summed E-state index contributed by atoms with van der Waals surface area (Å²) < 4.78 is 3.05. The van der Waals surface area contributed by atoms with Crippen LogP contribution in [0.1, 0.15) is 43.6 Å². The fraction of sp³-hybridized carbons (Fsp3) is 0.455. The molecule has 1 aromatic carbocycles. The number of benzene rings is 1. The normalized spacial score (nSPS) is 18.8. The molecule has 9 heteroatoms. The minimum absolute atomic E-state index is 0.0729. The van der Waals surface area contributed by atoms with Gasteiger partial charge in [-0.1, -0.05) is 18.6 Å². The van der Waals surface area contributed by atoms with E-state index in [0.717, 1.165) is 5.69 Å². The first-order valence-electron chi connectivity index (χ1n) is 10.7. The van der Waals surface area contributed by atoms with E-state index in [1.165, 1.54) is 46.8 Å². The number of likely N-dealkylation sites (tertiary alicyclic amines) is 1. The van der Waals surface area contributed by atoms with Gasteiger partial charge in [-0.25, -0.2) is 14.5 Å². The van der Waals surface area contributed by atoms with Gasteiger partial charge in [0.2, 0.25) is 0 Å². The number of hydrogen-bond acceptors (Lipinski definition) is 5. The van der Waals surface area contributed by atoms with Crippen LogP contribution < -0.4 is 5.56 Å². The zero-order chi connectivity index (χ0) is 21.6. The maximum atomic E-state index is 13.0. The second-order valence-electron chi connectivity index (χ2n) is 8.68. The summed E-state index contributed by atoms with van der Waals surface area (Å²) in [6.45, 7) is 0.555. The third kappa shape index (κ3) is 3.59. The van der Waals surface area contributed by atoms with Gasteiger partial charge in [0.05, 0.1) is 24.0 Å². The number of hydrogen-bond donors (Lipinski definition) is 2. The average Bonchev–Trinajstić information content (AvgIpc) is 3.14. The molecule has 9 nitrogen and oxygen atoms in total. The summed E-state index contributed by atoms with van der Waals surface area (Å²) in [5, 5.41) is 24.7. The molecular formula is C22H25N5O4. The summed E-state index contributed by atoms with van der Waals surface area (Å²) in [5.41, 5.74) is 1.26. The number of aromatic nitrogens is 4. The molecular weight excluding hydrogens is 398 g/mol. The van der Waals surface area contributed by atoms with E-state index in [0.29, 0.717) is 17.0 Å². The summed E-state index contributed by atoms with van der Waals surface area (Å²) in [6, 6.07) is 8.25. The molecule has 1 amide bonds. The van der Waals surface area contributed by atoms with E-state index in [4.69, 9.17) is 5.11 Å². The van der Waals surface area contributed by atoms with E-state index in [1.807, 2.05) is 12.1 Å². The summed E-state index contributed by atoms with van der Waals surface area (Å²) in [6.07, 6.45) is 6.28. The first kappa shape index (κ1) is 19.7. The number of piperidine rings is 1. The minimum Gasteiger partial charge on any atom is -0.465 e. The molecule has 1 aliphatic carbocycles. The van der Waals surface area contributed by atoms with Crippen LogP contribution in [0.25, 0.3) is 16.7 Å². The highest BCUT2D eigenvalue weighted by molar-refractivity contribution is 5.75. The number of rotatable bonds is 4. The van der Waals surface area contributed by atoms with Gasteiger partial charge in [-0.2, -0.15) is 5.10 Å². The predicted octanol–water partition coefficient (Wildman–Crippen LogP) is 2.35. The van der Waals surface area contributed by atoms with Crippen molar-refractivity contribution in [2.75, 3.05) is 13.1 Å². The maximum absolute atomic E-state index is 13.0. The molecule has 2 aliphatic rings. The van der Waals surface area contributed by atoms with Crippen molar-refractivity contribution >= 4 is 17.1 Å². The third-order valence-electron chi connectivity index (χ3n) is 6.70. The average molecular weight is 423 g/mol. The molecule has 2 N–H and O–H groups in total. The van der Waals surface area contributed by atoms with Gasteiger partial charge in [0, 0.05) is 13.1 Å². The monoisotopic (exact) mass is 423 g/mol. The van der Waals surface area contributed by atoms with Crippen LogP contribution in [0.15, 0.2) is 41.6 Å². The molecule has 1 aliphatic heterocycles. The third-order valence-corrected chi connectivity index (χ3v) is 6.70. The van der Waals surface area contributed by atoms with E-state index in [9.17, 15) is 14.7 Å². The van der Waals surface area contributed by atoms with E-state index in [1.54, 1.807) is 4.68 Å². The van der Waals surface area contributed by atoms with Crippen molar-refractivity contribution in [1.29, 1.82) is 0 Å². The smallest absolute Gasteiger partial charge is 0.407 e. The number of amides is 1. The summed E-state index contributed by atoms with van der Waals surface area (Å²) in [7, 11) is 0. The molecule has 1 saturated heterocycles. The quantitative estimate of drug-likeness (QED) is 0.666. The lowest BCUT2D eigenvalue weighted by atomic mass is 9.80. The molecule has 0 spiro atoms. The van der Waals surface area contributed by atoms with E-state index in [-0.39, 0.29) is 38.0 Å². The Hall–Kier alpha value is -3.20. The van der Waals surface area contributed by atoms with Crippen LogP contribution >= 0.6 is 0 Å². The molecule has 162 valence electrons. The standard InChI is InChI=1S/C22H25N5O4/c28-20-18-12-24-27(17-6-4-16(5-7-17)15-2-1-3-15)19(18)23-14-26(20)13-22(31)8-10-25(11-9-22)21(29)30/h4-7,12,14-15,31H,1-3,8-11,13H2,(H,29,30). The Morgan fingerprint density at radius 3 is 2.48 bits per heavy atom. The molecule has 31 heavy (non-hydrogen) atoms. The van der Waals surface area contributed by atoms with Gasteiger partial charge in [-0.15, -0.1) is 0 Å². The zero-order valence-corrected chi connectivity index (χ0v) is 17.1. The second-order valence-corrected chi connectivity index (χ2v) is 8.68. The van der Waals surface area contributed by atoms with Crippen LogP contribution in [0.5, 0.6) is 0 Å². The van der Waals surface area contributed by atoms with Crippen molar-refractivity contribution in [1.82, 2.24) is 24.2 Å². The largest absolute Gasteiger partial charge is 0.465 e. The summed E-state index contributed by atoms with van der Waals surface area (Å²) in [4.78, 5) is 29.8. The topological polar surface area (TPSA) is 113 Å². The van der Waals surface area contributed by atoms with Crippen molar-refractivity contribution in [2.24, 2.45) is 0 Å². The summed E-state index contributed by atoms with van der Waals surface area (Å²) in [5.74, 6) is 0.655. The van der Waals surface area contributed by atoms with Gasteiger partial charge in [-0.3, -0.25) is 9.36 Å². The fourth-order valence-corrected chi connectivity index (χ4v) is 4.47. The zero-order valence-electron chi connectivity index (χ0n) is 17.1. The summed E-state index contributed by atoms with van der Waals surface area (Å²) >= 11 is 0. The van der Waals surface area contributed by atoms with Crippen molar-refractivity contribution < 1.29 is 15.0 Å². The van der Waals surface area contributed by atoms with Gasteiger partial charge < -0.3 is 15.1 Å². The number of aliphatic hydroxyl groups is 1. The Morgan fingerprint density at radius 2 is 1.87 bits per heavy atom. The molecule has 0 radical (unpaired) electrons. The number of carbonyl (C=O) groups is 1. The highest BCUT2D eigenvalue weighted by atomic mass is 16.4. The number of carboxylic acid groups (broad SMARTS) is 1. The molecule has 0 bridgehead atoms. The Bertz CT molecular complexity index is 1170. The highest BCUT2D eigenvalue weighted by Gasteiger charge is 2.34. The van der Waals surface area contributed by atoms with Gasteiger partial charge >= 0.3 is 6.09 Å². The molecule has 5 rings (SSSR count). The molecule has 0 unspecified atom stereocenters. The first-order chi connectivity index (χ1) is 14.9. The van der Waals surface area contributed by atoms with Gasteiger partial charge in [0.15, 0.2) is 5.65 Å². The predicted molar refractivity (Wildman–Crippen MR) is 113 cm³/mol. The SMILES string of the molecule is O=C(O)N1CCC(O)(Cn2cnc3c(cnn3-c3ccc(C4CCC4)cc3)c2=O)CC1. The van der Waals surface area contributed by atoms with E-state index in [2.05, 4.69) is 22.2 Å². The van der Waals surface area contributed by atoms with Crippen molar-refractivity contribution in [3.63, 3.8) is 0 Å². The lowest BCUT2D eigenvalue weighted by molar-refractivity contribution is -0.0303. The van der Waals surface area contributed by atoms with Gasteiger partial charge in [-0.05, 0) is 49.3 Å². The molecule has 3 heterocycles. The Labute approximate surface area is 178 Å².